The molecule has 0 atom stereocenters. The summed E-state index contributed by atoms with van der Waals surface area (Å²) in [6.45, 7) is 3.94. The van der Waals surface area contributed by atoms with Gasteiger partial charge in [0.15, 0.2) is 0 Å². The molecule has 0 bridgehead atoms. The van der Waals surface area contributed by atoms with Gasteiger partial charge >= 0.3 is 6.03 Å². The second kappa shape index (κ2) is 12.6. The minimum atomic E-state index is -0.172. The Balaban J connectivity index is 1.69. The normalized spacial score (nSPS) is 14.2. The average Bonchev–Trinajstić information content (AvgIpc) is 3.22. The fourth-order valence-corrected chi connectivity index (χ4v) is 4.93. The molecular formula is C25H35N3O3S. The van der Waals surface area contributed by atoms with Crippen LogP contribution in [0.3, 0.4) is 0 Å². The molecule has 0 aliphatic heterocycles. The zero-order valence-electron chi connectivity index (χ0n) is 19.2. The van der Waals surface area contributed by atoms with Crippen molar-refractivity contribution in [1.29, 1.82) is 0 Å². The Morgan fingerprint density at radius 3 is 2.44 bits per heavy atom. The SMILES string of the molecule is COCCN(CC(=O)N(Cc1ccccc1)Cc1ccc(C)s1)C(=O)NC1CCCCC1. The van der Waals surface area contributed by atoms with Crippen LogP contribution in [0.25, 0.3) is 0 Å². The topological polar surface area (TPSA) is 61.9 Å². The molecule has 174 valence electrons. The highest BCUT2D eigenvalue weighted by molar-refractivity contribution is 7.11. The molecule has 1 heterocycles. The Labute approximate surface area is 195 Å². The maximum absolute atomic E-state index is 13.4. The van der Waals surface area contributed by atoms with Gasteiger partial charge in [0.2, 0.25) is 5.91 Å². The number of thiophene rings is 1. The number of carbonyl (C=O) groups is 2. The molecule has 1 saturated carbocycles. The minimum absolute atomic E-state index is 0.0408. The minimum Gasteiger partial charge on any atom is -0.383 e. The Bertz CT molecular complexity index is 849. The summed E-state index contributed by atoms with van der Waals surface area (Å²) in [5.41, 5.74) is 1.07. The number of carbonyl (C=O) groups excluding carboxylic acids is 2. The van der Waals surface area contributed by atoms with Crippen LogP contribution in [0.2, 0.25) is 0 Å². The third-order valence-corrected chi connectivity index (χ3v) is 6.81. The van der Waals surface area contributed by atoms with Crippen molar-refractivity contribution < 1.29 is 14.3 Å². The lowest BCUT2D eigenvalue weighted by molar-refractivity contribution is -0.133. The van der Waals surface area contributed by atoms with Crippen LogP contribution >= 0.6 is 11.3 Å². The van der Waals surface area contributed by atoms with Crippen LogP contribution in [0.5, 0.6) is 0 Å². The van der Waals surface area contributed by atoms with E-state index in [1.807, 2.05) is 35.2 Å². The van der Waals surface area contributed by atoms with Gasteiger partial charge in [-0.05, 0) is 37.5 Å². The maximum Gasteiger partial charge on any atom is 0.318 e. The second-order valence-corrected chi connectivity index (χ2v) is 9.82. The summed E-state index contributed by atoms with van der Waals surface area (Å²) in [4.78, 5) is 32.2. The molecule has 1 N–H and O–H groups in total. The number of benzene rings is 1. The lowest BCUT2D eigenvalue weighted by Crippen LogP contribution is -2.50. The highest BCUT2D eigenvalue weighted by atomic mass is 32.1. The van der Waals surface area contributed by atoms with Gasteiger partial charge in [-0.2, -0.15) is 0 Å². The maximum atomic E-state index is 13.4. The third kappa shape index (κ3) is 7.64. The van der Waals surface area contributed by atoms with Crippen LogP contribution in [-0.2, 0) is 22.6 Å². The van der Waals surface area contributed by atoms with E-state index in [4.69, 9.17) is 4.74 Å². The molecule has 2 aromatic rings. The van der Waals surface area contributed by atoms with Crippen LogP contribution < -0.4 is 5.32 Å². The van der Waals surface area contributed by atoms with E-state index >= 15 is 0 Å². The molecule has 1 aromatic heterocycles. The number of aryl methyl sites for hydroxylation is 1. The summed E-state index contributed by atoms with van der Waals surface area (Å²) in [6, 6.07) is 14.2. The number of methoxy groups -OCH3 is 1. The zero-order valence-corrected chi connectivity index (χ0v) is 20.0. The van der Waals surface area contributed by atoms with Crippen LogP contribution in [0.4, 0.5) is 4.79 Å². The summed E-state index contributed by atoms with van der Waals surface area (Å²) in [7, 11) is 1.61. The van der Waals surface area contributed by atoms with Gasteiger partial charge in [-0.1, -0.05) is 49.6 Å². The first-order chi connectivity index (χ1) is 15.5. The molecule has 6 nitrogen and oxygen atoms in total. The molecule has 0 radical (unpaired) electrons. The van der Waals surface area contributed by atoms with Crippen LogP contribution in [0.15, 0.2) is 42.5 Å². The molecule has 1 aromatic carbocycles. The van der Waals surface area contributed by atoms with E-state index in [-0.39, 0.29) is 24.5 Å². The predicted molar refractivity (Wildman–Crippen MR) is 129 cm³/mol. The molecule has 7 heteroatoms. The van der Waals surface area contributed by atoms with Gasteiger partial charge in [-0.3, -0.25) is 4.79 Å². The van der Waals surface area contributed by atoms with Gasteiger partial charge in [0.1, 0.15) is 6.54 Å². The number of nitrogens with zero attached hydrogens (tertiary/aromatic N) is 2. The number of nitrogens with one attached hydrogen (secondary N) is 1. The second-order valence-electron chi connectivity index (χ2n) is 8.45. The summed E-state index contributed by atoms with van der Waals surface area (Å²) in [5.74, 6) is -0.0604. The Morgan fingerprint density at radius 2 is 1.78 bits per heavy atom. The summed E-state index contributed by atoms with van der Waals surface area (Å²) in [6.07, 6.45) is 5.54. The van der Waals surface area contributed by atoms with E-state index in [0.717, 1.165) is 36.1 Å². The number of urea groups is 1. The van der Waals surface area contributed by atoms with Crippen molar-refractivity contribution in [2.75, 3.05) is 26.8 Å². The highest BCUT2D eigenvalue weighted by Crippen LogP contribution is 2.20. The van der Waals surface area contributed by atoms with Crippen molar-refractivity contribution in [2.24, 2.45) is 0 Å². The lowest BCUT2D eigenvalue weighted by atomic mass is 9.96. The summed E-state index contributed by atoms with van der Waals surface area (Å²) in [5, 5.41) is 3.14. The van der Waals surface area contributed by atoms with Crippen molar-refractivity contribution >= 4 is 23.3 Å². The van der Waals surface area contributed by atoms with Crippen molar-refractivity contribution in [3.05, 3.63) is 57.8 Å². The Morgan fingerprint density at radius 1 is 1.03 bits per heavy atom. The van der Waals surface area contributed by atoms with Crippen LogP contribution in [0.1, 0.15) is 47.4 Å². The molecule has 3 amide bonds. The first-order valence-electron chi connectivity index (χ1n) is 11.5. The monoisotopic (exact) mass is 457 g/mol. The molecule has 0 spiro atoms. The van der Waals surface area contributed by atoms with E-state index in [2.05, 4.69) is 24.4 Å². The van der Waals surface area contributed by atoms with Crippen LogP contribution in [0, 0.1) is 6.92 Å². The van der Waals surface area contributed by atoms with E-state index in [9.17, 15) is 9.59 Å². The summed E-state index contributed by atoms with van der Waals surface area (Å²) < 4.78 is 5.20. The Hall–Kier alpha value is -2.38. The third-order valence-electron chi connectivity index (χ3n) is 5.82. The van der Waals surface area contributed by atoms with Crippen molar-refractivity contribution in [3.63, 3.8) is 0 Å². The predicted octanol–water partition coefficient (Wildman–Crippen LogP) is 4.58. The van der Waals surface area contributed by atoms with Crippen molar-refractivity contribution in [2.45, 2.75) is 58.2 Å². The number of hydrogen-bond donors (Lipinski definition) is 1. The van der Waals surface area contributed by atoms with Gasteiger partial charge in [0.05, 0.1) is 13.2 Å². The number of rotatable bonds is 10. The van der Waals surface area contributed by atoms with Crippen molar-refractivity contribution in [1.82, 2.24) is 15.1 Å². The number of hydrogen-bond acceptors (Lipinski definition) is 4. The smallest absolute Gasteiger partial charge is 0.318 e. The first kappa shape index (κ1) is 24.3. The largest absolute Gasteiger partial charge is 0.383 e. The van der Waals surface area contributed by atoms with E-state index in [1.165, 1.54) is 11.3 Å². The summed E-state index contributed by atoms with van der Waals surface area (Å²) >= 11 is 1.70. The van der Waals surface area contributed by atoms with E-state index in [0.29, 0.717) is 26.2 Å². The molecule has 32 heavy (non-hydrogen) atoms. The molecule has 1 aliphatic rings. The molecule has 0 unspecified atom stereocenters. The lowest BCUT2D eigenvalue weighted by Gasteiger charge is -2.30. The fourth-order valence-electron chi connectivity index (χ4n) is 4.02. The quantitative estimate of drug-likeness (QED) is 0.568. The van der Waals surface area contributed by atoms with Gasteiger partial charge in [-0.25, -0.2) is 4.79 Å². The van der Waals surface area contributed by atoms with Crippen LogP contribution in [-0.4, -0.2) is 54.6 Å². The number of amides is 3. The highest BCUT2D eigenvalue weighted by Gasteiger charge is 2.24. The zero-order chi connectivity index (χ0) is 22.8. The number of ether oxygens (including phenoxy) is 1. The molecule has 0 saturated heterocycles. The molecule has 3 rings (SSSR count). The van der Waals surface area contributed by atoms with Gasteiger partial charge in [0, 0.05) is 36.0 Å². The standard InChI is InChI=1S/C25H35N3O3S/c1-20-13-14-23(32-20)18-28(17-21-9-5-3-6-10-21)24(29)19-27(15-16-31-2)25(30)26-22-11-7-4-8-12-22/h3,5-6,9-10,13-14,22H,4,7-8,11-12,15-19H2,1-2H3,(H,26,30). The Kier molecular flexibility index (Phi) is 9.56. The van der Waals surface area contributed by atoms with Crippen molar-refractivity contribution in [3.8, 4) is 0 Å². The van der Waals surface area contributed by atoms with Gasteiger partial charge in [0.25, 0.3) is 0 Å². The first-order valence-corrected chi connectivity index (χ1v) is 12.3. The van der Waals surface area contributed by atoms with E-state index in [1.54, 1.807) is 23.3 Å². The fraction of sp³-hybridized carbons (Fsp3) is 0.520. The molecule has 1 aliphatic carbocycles. The molecule has 1 fully saturated rings. The van der Waals surface area contributed by atoms with E-state index < -0.39 is 0 Å². The average molecular weight is 458 g/mol. The molecular weight excluding hydrogens is 422 g/mol. The van der Waals surface area contributed by atoms with Gasteiger partial charge < -0.3 is 19.9 Å². The van der Waals surface area contributed by atoms with Gasteiger partial charge in [-0.15, -0.1) is 11.3 Å².